The minimum Gasteiger partial charge on any atom is -0.493 e. The molecule has 0 aliphatic carbocycles. The highest BCUT2D eigenvalue weighted by molar-refractivity contribution is 6.17. The maximum absolute atomic E-state index is 12.8. The van der Waals surface area contributed by atoms with Crippen molar-refractivity contribution in [3.63, 3.8) is 0 Å². The first kappa shape index (κ1) is 23.5. The Morgan fingerprint density at radius 2 is 1.26 bits per heavy atom. The molecule has 0 aliphatic heterocycles. The molecule has 2 rings (SSSR count). The zero-order valence-corrected chi connectivity index (χ0v) is 18.6. The van der Waals surface area contributed by atoms with Crippen LogP contribution in [0.5, 0.6) is 17.2 Å². The second-order valence-corrected chi connectivity index (χ2v) is 6.64. The van der Waals surface area contributed by atoms with Crippen LogP contribution >= 0.6 is 0 Å². The summed E-state index contributed by atoms with van der Waals surface area (Å²) >= 11 is 0. The molecule has 164 valence electrons. The van der Waals surface area contributed by atoms with Gasteiger partial charge in [-0.1, -0.05) is 30.3 Å². The molecule has 0 atom stereocenters. The monoisotopic (exact) mass is 425 g/mol. The lowest BCUT2D eigenvalue weighted by atomic mass is 9.89. The van der Waals surface area contributed by atoms with Crippen LogP contribution in [0.15, 0.2) is 53.6 Å². The lowest BCUT2D eigenvalue weighted by Gasteiger charge is -2.18. The van der Waals surface area contributed by atoms with Crippen LogP contribution in [0.3, 0.4) is 0 Å². The number of allylic oxidation sites excluding steroid dienone is 2. The van der Waals surface area contributed by atoms with Crippen LogP contribution in [0, 0.1) is 0 Å². The number of hydrogen-bond donors (Lipinski definition) is 1. The average molecular weight is 425 g/mol. The molecule has 0 unspecified atom stereocenters. The number of ether oxygens (including phenoxy) is 4. The first-order valence-corrected chi connectivity index (χ1v) is 9.46. The molecule has 0 aliphatic rings. The van der Waals surface area contributed by atoms with E-state index in [1.165, 1.54) is 28.4 Å². The van der Waals surface area contributed by atoms with Crippen molar-refractivity contribution < 1.29 is 28.5 Å². The molecule has 0 spiro atoms. The maximum Gasteiger partial charge on any atom is 0.338 e. The Morgan fingerprint density at radius 3 is 1.68 bits per heavy atom. The van der Waals surface area contributed by atoms with Crippen molar-refractivity contribution in [3.8, 4) is 17.2 Å². The fraction of sp³-hybridized carbons (Fsp3) is 0.250. The highest BCUT2D eigenvalue weighted by Gasteiger charge is 2.27. The number of amides is 1. The summed E-state index contributed by atoms with van der Waals surface area (Å²) < 4.78 is 21.2. The minimum absolute atomic E-state index is 0.0608. The molecule has 2 aromatic carbocycles. The first-order valence-electron chi connectivity index (χ1n) is 9.46. The van der Waals surface area contributed by atoms with Gasteiger partial charge in [0.25, 0.3) is 0 Å². The van der Waals surface area contributed by atoms with E-state index in [1.807, 2.05) is 30.3 Å². The Kier molecular flexibility index (Phi) is 7.85. The van der Waals surface area contributed by atoms with Crippen molar-refractivity contribution in [2.24, 2.45) is 5.73 Å². The number of esters is 1. The van der Waals surface area contributed by atoms with Gasteiger partial charge < -0.3 is 24.7 Å². The van der Waals surface area contributed by atoms with Gasteiger partial charge in [0.15, 0.2) is 11.5 Å². The van der Waals surface area contributed by atoms with Crippen molar-refractivity contribution in [2.45, 2.75) is 13.8 Å². The second kappa shape index (κ2) is 10.3. The predicted octanol–water partition coefficient (Wildman–Crippen LogP) is 3.62. The van der Waals surface area contributed by atoms with Gasteiger partial charge in [0.05, 0.1) is 39.6 Å². The number of benzene rings is 2. The summed E-state index contributed by atoms with van der Waals surface area (Å²) in [6.07, 6.45) is 0. The van der Waals surface area contributed by atoms with Crippen LogP contribution in [0.25, 0.3) is 11.1 Å². The summed E-state index contributed by atoms with van der Waals surface area (Å²) in [5.74, 6) is -0.203. The third-order valence-corrected chi connectivity index (χ3v) is 4.94. The van der Waals surface area contributed by atoms with Crippen molar-refractivity contribution in [2.75, 3.05) is 28.4 Å². The largest absolute Gasteiger partial charge is 0.493 e. The number of hydrogen-bond acceptors (Lipinski definition) is 6. The molecule has 2 N–H and O–H groups in total. The summed E-state index contributed by atoms with van der Waals surface area (Å²) in [7, 11) is 5.74. The molecule has 7 heteroatoms. The molecule has 0 fully saturated rings. The highest BCUT2D eigenvalue weighted by Crippen LogP contribution is 2.41. The van der Waals surface area contributed by atoms with Crippen LogP contribution in [0.4, 0.5) is 0 Å². The number of rotatable bonds is 8. The SMILES string of the molecule is COC(=O)C(/C(C(N)=O)=C(/C)c1ccccc1)=C(\C)c1cc(OC)c(OC)c(OC)c1. The first-order chi connectivity index (χ1) is 14.8. The summed E-state index contributed by atoms with van der Waals surface area (Å²) in [5, 5.41) is 0. The van der Waals surface area contributed by atoms with Crippen molar-refractivity contribution >= 4 is 23.0 Å². The molecule has 0 radical (unpaired) electrons. The molecule has 0 aromatic heterocycles. The second-order valence-electron chi connectivity index (χ2n) is 6.64. The Labute approximate surface area is 182 Å². The average Bonchev–Trinajstić information content (AvgIpc) is 2.80. The van der Waals surface area contributed by atoms with Crippen LogP contribution in [-0.4, -0.2) is 40.3 Å². The fourth-order valence-corrected chi connectivity index (χ4v) is 3.31. The number of nitrogens with two attached hydrogens (primary N) is 1. The highest BCUT2D eigenvalue weighted by atomic mass is 16.5. The van der Waals surface area contributed by atoms with Crippen molar-refractivity contribution in [3.05, 3.63) is 64.7 Å². The summed E-state index contributed by atoms with van der Waals surface area (Å²) in [4.78, 5) is 25.3. The van der Waals surface area contributed by atoms with E-state index in [9.17, 15) is 9.59 Å². The van der Waals surface area contributed by atoms with Gasteiger partial charge in [-0.05, 0) is 48.3 Å². The molecule has 31 heavy (non-hydrogen) atoms. The predicted molar refractivity (Wildman–Crippen MR) is 119 cm³/mol. The third kappa shape index (κ3) is 4.88. The molecule has 0 bridgehead atoms. The van der Waals surface area contributed by atoms with Crippen molar-refractivity contribution in [1.29, 1.82) is 0 Å². The Bertz CT molecular complexity index is 1010. The van der Waals surface area contributed by atoms with E-state index in [0.717, 1.165) is 5.56 Å². The van der Waals surface area contributed by atoms with Gasteiger partial charge in [0, 0.05) is 0 Å². The van der Waals surface area contributed by atoms with E-state index in [1.54, 1.807) is 26.0 Å². The third-order valence-electron chi connectivity index (χ3n) is 4.94. The number of carbonyl (C=O) groups excluding carboxylic acids is 2. The minimum atomic E-state index is -0.742. The lowest BCUT2D eigenvalue weighted by Crippen LogP contribution is -2.22. The van der Waals surface area contributed by atoms with Gasteiger partial charge in [-0.2, -0.15) is 0 Å². The summed E-state index contributed by atoms with van der Waals surface area (Å²) in [5.41, 5.74) is 8.23. The zero-order chi connectivity index (χ0) is 23.1. The number of primary amides is 1. The zero-order valence-electron chi connectivity index (χ0n) is 18.6. The van der Waals surface area contributed by atoms with Crippen molar-refractivity contribution in [1.82, 2.24) is 0 Å². The van der Waals surface area contributed by atoms with Gasteiger partial charge in [0.2, 0.25) is 11.7 Å². The van der Waals surface area contributed by atoms with E-state index in [0.29, 0.717) is 34.0 Å². The molecule has 0 saturated heterocycles. The van der Waals surface area contributed by atoms with E-state index in [-0.39, 0.29) is 11.1 Å². The molecule has 1 amide bonds. The topological polar surface area (TPSA) is 97.1 Å². The molecular formula is C24H27NO6. The summed E-state index contributed by atoms with van der Waals surface area (Å²) in [6, 6.07) is 12.6. The smallest absolute Gasteiger partial charge is 0.338 e. The van der Waals surface area contributed by atoms with Crippen LogP contribution < -0.4 is 19.9 Å². The maximum atomic E-state index is 12.8. The van der Waals surface area contributed by atoms with Gasteiger partial charge in [-0.25, -0.2) is 4.79 Å². The van der Waals surface area contributed by atoms with Crippen LogP contribution in [-0.2, 0) is 14.3 Å². The summed E-state index contributed by atoms with van der Waals surface area (Å²) in [6.45, 7) is 3.44. The van der Waals surface area contributed by atoms with E-state index in [4.69, 9.17) is 24.7 Å². The normalized spacial score (nSPS) is 12.3. The van der Waals surface area contributed by atoms with Gasteiger partial charge in [-0.3, -0.25) is 4.79 Å². The van der Waals surface area contributed by atoms with Crippen LogP contribution in [0.2, 0.25) is 0 Å². The van der Waals surface area contributed by atoms with Gasteiger partial charge >= 0.3 is 5.97 Å². The molecular weight excluding hydrogens is 398 g/mol. The lowest BCUT2D eigenvalue weighted by molar-refractivity contribution is -0.136. The Morgan fingerprint density at radius 1 is 0.742 bits per heavy atom. The van der Waals surface area contributed by atoms with Gasteiger partial charge in [0.1, 0.15) is 0 Å². The molecule has 0 heterocycles. The molecule has 2 aromatic rings. The van der Waals surface area contributed by atoms with E-state index < -0.39 is 11.9 Å². The molecule has 0 saturated carbocycles. The van der Waals surface area contributed by atoms with Crippen LogP contribution in [0.1, 0.15) is 25.0 Å². The fourth-order valence-electron chi connectivity index (χ4n) is 3.31. The van der Waals surface area contributed by atoms with Gasteiger partial charge in [-0.15, -0.1) is 0 Å². The number of carbonyl (C=O) groups is 2. The molecule has 7 nitrogen and oxygen atoms in total. The van der Waals surface area contributed by atoms with E-state index >= 15 is 0 Å². The Balaban J connectivity index is 2.89. The quantitative estimate of drug-likeness (QED) is 0.394. The number of methoxy groups -OCH3 is 4. The Hall–Kier alpha value is -3.74. The standard InChI is InChI=1S/C24H27NO6/c1-14(16-10-8-7-9-11-16)20(23(25)26)21(24(27)31-6)15(2)17-12-18(28-3)22(30-5)19(13-17)29-4/h7-13H,1-6H3,(H2,25,26)/b20-14+,21-15+. The van der Waals surface area contributed by atoms with E-state index in [2.05, 4.69) is 0 Å².